The first kappa shape index (κ1) is 27.0. The van der Waals surface area contributed by atoms with Crippen LogP contribution in [0.5, 0.6) is 0 Å². The van der Waals surface area contributed by atoms with E-state index in [9.17, 15) is 19.5 Å². The molecule has 3 N–H and O–H groups in total. The van der Waals surface area contributed by atoms with Crippen LogP contribution in [-0.4, -0.2) is 43.9 Å². The Bertz CT molecular complexity index is 312. The average molecular weight is 299 g/mol. The summed E-state index contributed by atoms with van der Waals surface area (Å²) in [5.74, 6) is -5.34. The largest absolute Gasteiger partial charge is 1.00 e. The van der Waals surface area contributed by atoms with Crippen molar-refractivity contribution in [3.05, 3.63) is 15.3 Å². The van der Waals surface area contributed by atoms with Crippen molar-refractivity contribution in [2.45, 2.75) is 18.4 Å². The molecule has 0 fully saturated rings. The van der Waals surface area contributed by atoms with Gasteiger partial charge >= 0.3 is 71.1 Å². The molecule has 13 heteroatoms. The number of hydrogen-bond donors (Lipinski definition) is 3. The normalized spacial score (nSPS) is 11.2. The molecule has 98 valence electrons. The van der Waals surface area contributed by atoms with Crippen LogP contribution in [0.3, 0.4) is 0 Å². The number of carbonyl (C=O) groups excluding carboxylic acids is 1. The van der Waals surface area contributed by atoms with Gasteiger partial charge in [-0.2, -0.15) is 0 Å². The van der Waals surface area contributed by atoms with Crippen LogP contribution in [0.4, 0.5) is 0 Å². The Kier molecular flexibility index (Phi) is 17.9. The van der Waals surface area contributed by atoms with E-state index in [1.165, 1.54) is 0 Å². The molecule has 0 spiro atoms. The van der Waals surface area contributed by atoms with Gasteiger partial charge in [-0.1, -0.05) is 0 Å². The predicted molar refractivity (Wildman–Crippen MR) is 44.8 cm³/mol. The molecule has 0 bridgehead atoms. The summed E-state index contributed by atoms with van der Waals surface area (Å²) in [4.78, 5) is 38.6. The maximum Gasteiger partial charge on any atom is 1.00 e. The van der Waals surface area contributed by atoms with Crippen LogP contribution in [-0.2, 0) is 14.4 Å². The second kappa shape index (κ2) is 12.6. The number of hydrogen-bond acceptors (Lipinski definition) is 8. The molecule has 0 aromatic carbocycles. The third-order valence-electron chi connectivity index (χ3n) is 1.28. The molecule has 0 heterocycles. The summed E-state index contributed by atoms with van der Waals surface area (Å²) in [7, 11) is 0. The molecule has 1 unspecified atom stereocenters. The minimum absolute atomic E-state index is 0. The van der Waals surface area contributed by atoms with Crippen molar-refractivity contribution in [2.24, 2.45) is 0 Å². The van der Waals surface area contributed by atoms with Gasteiger partial charge in [-0.25, -0.2) is 4.79 Å². The quantitative estimate of drug-likeness (QED) is 0.248. The van der Waals surface area contributed by atoms with Gasteiger partial charge in [-0.3, -0.25) is 4.79 Å². The second-order valence-corrected chi connectivity index (χ2v) is 2.68. The number of aliphatic carboxylic acids is 3. The van der Waals surface area contributed by atoms with Crippen LogP contribution in [0.1, 0.15) is 12.8 Å². The van der Waals surface area contributed by atoms with Crippen LogP contribution in [0.2, 0.25) is 0 Å². The van der Waals surface area contributed by atoms with Crippen molar-refractivity contribution in [1.29, 1.82) is 0 Å². The van der Waals surface area contributed by atoms with E-state index in [1.54, 1.807) is 0 Å². The Balaban J connectivity index is -0.000000165. The predicted octanol–water partition coefficient (Wildman–Crippen LogP) is -8.81. The van der Waals surface area contributed by atoms with Crippen molar-refractivity contribution in [1.82, 2.24) is 0 Å². The van der Waals surface area contributed by atoms with Gasteiger partial charge in [0.2, 0.25) is 0 Å². The van der Waals surface area contributed by atoms with E-state index in [2.05, 4.69) is 0 Å². The van der Waals surface area contributed by atoms with Crippen LogP contribution in [0.25, 0.3) is 0 Å². The summed E-state index contributed by atoms with van der Waals surface area (Å²) in [5, 5.41) is 50.3. The van der Waals surface area contributed by atoms with E-state index >= 15 is 0 Å². The summed E-state index contributed by atoms with van der Waals surface area (Å²) >= 11 is 0. The molecular formula is C6H7NNa2O10. The summed E-state index contributed by atoms with van der Waals surface area (Å²) in [5.41, 5.74) is -2.80. The maximum atomic E-state index is 10.3. The van der Waals surface area contributed by atoms with E-state index in [0.717, 1.165) is 0 Å². The SMILES string of the molecule is O=C([O-])CC(O)(CC(=O)O)C(=O)O.O=[N+]([O-])[O-].[Na+].[Na+]. The van der Waals surface area contributed by atoms with Gasteiger partial charge in [0.05, 0.1) is 11.5 Å². The van der Waals surface area contributed by atoms with Gasteiger partial charge < -0.3 is 40.5 Å². The van der Waals surface area contributed by atoms with E-state index in [1.807, 2.05) is 0 Å². The van der Waals surface area contributed by atoms with Crippen molar-refractivity contribution in [2.75, 3.05) is 0 Å². The summed E-state index contributed by atoms with van der Waals surface area (Å²) in [6.45, 7) is 0. The van der Waals surface area contributed by atoms with Gasteiger partial charge in [-0.15, -0.1) is 0 Å². The third kappa shape index (κ3) is 17.6. The number of aliphatic hydroxyl groups is 1. The molecule has 19 heavy (non-hydrogen) atoms. The zero-order valence-electron chi connectivity index (χ0n) is 10.1. The van der Waals surface area contributed by atoms with Crippen molar-refractivity contribution < 1.29 is 99.0 Å². The Hall–Kier alpha value is -0.430. The molecule has 0 amide bonds. The first-order valence-corrected chi connectivity index (χ1v) is 3.70. The molecule has 0 aromatic heterocycles. The smallest absolute Gasteiger partial charge is 0.550 e. The van der Waals surface area contributed by atoms with Gasteiger partial charge in [-0.05, 0) is 0 Å². The van der Waals surface area contributed by atoms with Crippen molar-refractivity contribution >= 4 is 17.9 Å². The topological polar surface area (TPSA) is 201 Å². The molecule has 0 saturated heterocycles. The van der Waals surface area contributed by atoms with Crippen LogP contribution < -0.4 is 64.2 Å². The number of rotatable bonds is 5. The van der Waals surface area contributed by atoms with E-state index in [4.69, 9.17) is 30.6 Å². The van der Waals surface area contributed by atoms with E-state index in [-0.39, 0.29) is 59.1 Å². The van der Waals surface area contributed by atoms with E-state index < -0.39 is 41.4 Å². The molecule has 0 rings (SSSR count). The van der Waals surface area contributed by atoms with Crippen LogP contribution in [0, 0.1) is 15.3 Å². The van der Waals surface area contributed by atoms with Gasteiger partial charge in [0.1, 0.15) is 0 Å². The Morgan fingerprint density at radius 1 is 1.05 bits per heavy atom. The van der Waals surface area contributed by atoms with Gasteiger partial charge in [0.15, 0.2) is 5.60 Å². The number of carbonyl (C=O) groups is 3. The van der Waals surface area contributed by atoms with Crippen molar-refractivity contribution in [3.8, 4) is 0 Å². The zero-order chi connectivity index (χ0) is 14.2. The average Bonchev–Trinajstić information content (AvgIpc) is 1.98. The zero-order valence-corrected chi connectivity index (χ0v) is 14.1. The number of carboxylic acid groups (broad SMARTS) is 3. The van der Waals surface area contributed by atoms with Crippen LogP contribution >= 0.6 is 0 Å². The fourth-order valence-corrected chi connectivity index (χ4v) is 0.703. The van der Waals surface area contributed by atoms with E-state index in [0.29, 0.717) is 0 Å². The van der Waals surface area contributed by atoms with Gasteiger partial charge in [0.25, 0.3) is 0 Å². The summed E-state index contributed by atoms with van der Waals surface area (Å²) in [6, 6.07) is 0. The molecule has 0 aliphatic heterocycles. The molecule has 0 aliphatic rings. The minimum atomic E-state index is -2.80. The minimum Gasteiger partial charge on any atom is -0.550 e. The monoisotopic (exact) mass is 299 g/mol. The molecule has 0 aromatic rings. The summed E-state index contributed by atoms with van der Waals surface area (Å²) in [6.07, 6.45) is -2.44. The molecule has 0 radical (unpaired) electrons. The number of carboxylic acids is 3. The molecule has 1 atom stereocenters. The first-order valence-electron chi connectivity index (χ1n) is 3.70. The Morgan fingerprint density at radius 3 is 1.53 bits per heavy atom. The standard InChI is InChI=1S/C6H8O7.NO3.2Na/c7-3(8)1-6(13,5(11)12)2-4(9)10;2-1(3)4;;/h13H,1-2H2,(H,7,8)(H,9,10)(H,11,12);;;/q;-1;2*+1/p-1. The Labute approximate surface area is 149 Å². The van der Waals surface area contributed by atoms with Crippen LogP contribution in [0.15, 0.2) is 0 Å². The van der Waals surface area contributed by atoms with Gasteiger partial charge in [0, 0.05) is 12.4 Å². The molecule has 0 aliphatic carbocycles. The maximum absolute atomic E-state index is 10.3. The first-order chi connectivity index (χ1) is 7.51. The number of nitrogens with zero attached hydrogens (tertiary/aromatic N) is 1. The fraction of sp³-hybridized carbons (Fsp3) is 0.500. The second-order valence-electron chi connectivity index (χ2n) is 2.68. The molecule has 11 nitrogen and oxygen atoms in total. The summed E-state index contributed by atoms with van der Waals surface area (Å²) < 4.78 is 0. The molecular weight excluding hydrogens is 292 g/mol. The van der Waals surface area contributed by atoms with Crippen molar-refractivity contribution in [3.63, 3.8) is 0 Å². The third-order valence-corrected chi connectivity index (χ3v) is 1.28. The Morgan fingerprint density at radius 2 is 1.37 bits per heavy atom. The fourth-order valence-electron chi connectivity index (χ4n) is 0.703. The molecule has 0 saturated carbocycles.